The Morgan fingerprint density at radius 2 is 1.83 bits per heavy atom. The van der Waals surface area contributed by atoms with Gasteiger partial charge < -0.3 is 10.5 Å². The summed E-state index contributed by atoms with van der Waals surface area (Å²) in [5.74, 6) is 1.63. The number of unbranched alkanes of at least 4 members (excludes halogenated alkanes) is 3. The van der Waals surface area contributed by atoms with Crippen molar-refractivity contribution in [3.05, 3.63) is 29.8 Å². The van der Waals surface area contributed by atoms with E-state index in [2.05, 4.69) is 38.1 Å². The molecule has 1 atom stereocenters. The number of hydrogen-bond donors (Lipinski definition) is 1. The molecule has 1 unspecified atom stereocenters. The lowest BCUT2D eigenvalue weighted by atomic mass is 9.98. The number of hydrogen-bond acceptors (Lipinski definition) is 2. The van der Waals surface area contributed by atoms with Crippen LogP contribution in [0.1, 0.15) is 57.4 Å². The molecular formula is C16H27NO. The number of nitrogens with two attached hydrogens (primary N) is 1. The van der Waals surface area contributed by atoms with Crippen molar-refractivity contribution < 1.29 is 4.74 Å². The largest absolute Gasteiger partial charge is 0.493 e. The molecule has 1 aromatic rings. The van der Waals surface area contributed by atoms with E-state index in [1.54, 1.807) is 0 Å². The van der Waals surface area contributed by atoms with Crippen LogP contribution in [0.5, 0.6) is 5.75 Å². The Balaban J connectivity index is 2.37. The average Bonchev–Trinajstić information content (AvgIpc) is 2.42. The maximum atomic E-state index is 5.91. The van der Waals surface area contributed by atoms with Gasteiger partial charge in [-0.2, -0.15) is 0 Å². The highest BCUT2D eigenvalue weighted by atomic mass is 16.5. The van der Waals surface area contributed by atoms with Gasteiger partial charge in [0.25, 0.3) is 0 Å². The molecule has 1 aromatic carbocycles. The predicted octanol–water partition coefficient (Wildman–Crippen LogP) is 4.10. The Morgan fingerprint density at radius 3 is 2.56 bits per heavy atom. The average molecular weight is 249 g/mol. The van der Waals surface area contributed by atoms with Crippen molar-refractivity contribution in [1.29, 1.82) is 0 Å². The summed E-state index contributed by atoms with van der Waals surface area (Å²) < 4.78 is 5.91. The summed E-state index contributed by atoms with van der Waals surface area (Å²) in [6.45, 7) is 6.09. The molecule has 2 heteroatoms. The second-order valence-corrected chi connectivity index (χ2v) is 4.90. The molecule has 0 amide bonds. The van der Waals surface area contributed by atoms with Gasteiger partial charge in [0, 0.05) is 0 Å². The van der Waals surface area contributed by atoms with E-state index in [-0.39, 0.29) is 0 Å². The first-order valence-corrected chi connectivity index (χ1v) is 7.21. The fraction of sp³-hybridized carbons (Fsp3) is 0.625. The Labute approximate surface area is 112 Å². The van der Waals surface area contributed by atoms with Gasteiger partial charge in [0.05, 0.1) is 6.61 Å². The van der Waals surface area contributed by atoms with Crippen LogP contribution in [-0.4, -0.2) is 13.2 Å². The predicted molar refractivity (Wildman–Crippen MR) is 78.2 cm³/mol. The van der Waals surface area contributed by atoms with Crippen molar-refractivity contribution in [2.75, 3.05) is 13.2 Å². The van der Waals surface area contributed by atoms with Crippen LogP contribution in [0.15, 0.2) is 24.3 Å². The molecule has 2 N–H and O–H groups in total. The van der Waals surface area contributed by atoms with Gasteiger partial charge in [-0.3, -0.25) is 0 Å². The van der Waals surface area contributed by atoms with Crippen LogP contribution in [0.4, 0.5) is 0 Å². The molecule has 0 bridgehead atoms. The van der Waals surface area contributed by atoms with Crippen molar-refractivity contribution >= 4 is 0 Å². The zero-order valence-corrected chi connectivity index (χ0v) is 11.8. The van der Waals surface area contributed by atoms with Crippen molar-refractivity contribution in [2.45, 2.75) is 51.9 Å². The van der Waals surface area contributed by atoms with Crippen LogP contribution in [0, 0.1) is 0 Å². The molecule has 0 heterocycles. The molecule has 0 fully saturated rings. The topological polar surface area (TPSA) is 35.2 Å². The molecule has 102 valence electrons. The normalized spacial score (nSPS) is 12.4. The third-order valence-electron chi connectivity index (χ3n) is 3.42. The maximum Gasteiger partial charge on any atom is 0.122 e. The van der Waals surface area contributed by atoms with Gasteiger partial charge in [-0.1, -0.05) is 44.9 Å². The van der Waals surface area contributed by atoms with Gasteiger partial charge in [0.1, 0.15) is 5.75 Å². The minimum atomic E-state index is 0.568. The van der Waals surface area contributed by atoms with Gasteiger partial charge >= 0.3 is 0 Å². The van der Waals surface area contributed by atoms with Gasteiger partial charge in [0.15, 0.2) is 0 Å². The summed E-state index contributed by atoms with van der Waals surface area (Å²) in [6, 6.07) is 8.41. The van der Waals surface area contributed by atoms with Gasteiger partial charge in [-0.15, -0.1) is 0 Å². The van der Waals surface area contributed by atoms with E-state index < -0.39 is 0 Å². The van der Waals surface area contributed by atoms with E-state index >= 15 is 0 Å². The summed E-state index contributed by atoms with van der Waals surface area (Å²) in [5, 5.41) is 0. The smallest absolute Gasteiger partial charge is 0.122 e. The van der Waals surface area contributed by atoms with E-state index in [1.807, 2.05) is 0 Å². The van der Waals surface area contributed by atoms with Crippen LogP contribution >= 0.6 is 0 Å². The molecule has 0 spiro atoms. The van der Waals surface area contributed by atoms with E-state index in [4.69, 9.17) is 10.5 Å². The van der Waals surface area contributed by atoms with E-state index in [9.17, 15) is 0 Å². The monoisotopic (exact) mass is 249 g/mol. The highest BCUT2D eigenvalue weighted by molar-refractivity contribution is 5.35. The van der Waals surface area contributed by atoms with Gasteiger partial charge in [0.2, 0.25) is 0 Å². The number of benzene rings is 1. The second-order valence-electron chi connectivity index (χ2n) is 4.90. The van der Waals surface area contributed by atoms with Gasteiger partial charge in [-0.05, 0) is 43.4 Å². The van der Waals surface area contributed by atoms with Gasteiger partial charge in [-0.25, -0.2) is 0 Å². The second kappa shape index (κ2) is 8.98. The summed E-state index contributed by atoms with van der Waals surface area (Å²) in [7, 11) is 0. The molecule has 18 heavy (non-hydrogen) atoms. The molecule has 0 saturated carbocycles. The molecule has 1 rings (SSSR count). The van der Waals surface area contributed by atoms with Crippen molar-refractivity contribution in [3.63, 3.8) is 0 Å². The fourth-order valence-corrected chi connectivity index (χ4v) is 2.02. The van der Waals surface area contributed by atoms with Crippen molar-refractivity contribution in [3.8, 4) is 5.75 Å². The standard InChI is InChI=1S/C16H27NO/c1-3-14(2)15-10-6-7-11-16(15)18-13-9-5-4-8-12-17/h6-7,10-11,14H,3-5,8-9,12-13,17H2,1-2H3. The molecule has 0 saturated heterocycles. The Hall–Kier alpha value is -1.02. The lowest BCUT2D eigenvalue weighted by Crippen LogP contribution is -2.03. The fourth-order valence-electron chi connectivity index (χ4n) is 2.02. The Morgan fingerprint density at radius 1 is 1.11 bits per heavy atom. The molecule has 2 nitrogen and oxygen atoms in total. The molecule has 0 aromatic heterocycles. The van der Waals surface area contributed by atoms with E-state index in [0.29, 0.717) is 5.92 Å². The highest BCUT2D eigenvalue weighted by Gasteiger charge is 2.08. The maximum absolute atomic E-state index is 5.91. The first-order chi connectivity index (χ1) is 8.79. The third-order valence-corrected chi connectivity index (χ3v) is 3.42. The van der Waals surface area contributed by atoms with Crippen molar-refractivity contribution in [2.24, 2.45) is 5.73 Å². The molecule has 0 radical (unpaired) electrons. The zero-order chi connectivity index (χ0) is 13.2. The summed E-state index contributed by atoms with van der Waals surface area (Å²) >= 11 is 0. The highest BCUT2D eigenvalue weighted by Crippen LogP contribution is 2.28. The van der Waals surface area contributed by atoms with Crippen molar-refractivity contribution in [1.82, 2.24) is 0 Å². The van der Waals surface area contributed by atoms with Crippen LogP contribution in [0.2, 0.25) is 0 Å². The van der Waals surface area contributed by atoms with Crippen LogP contribution in [0.25, 0.3) is 0 Å². The first kappa shape index (κ1) is 15.0. The minimum Gasteiger partial charge on any atom is -0.493 e. The molecular weight excluding hydrogens is 222 g/mol. The van der Waals surface area contributed by atoms with Crippen LogP contribution in [-0.2, 0) is 0 Å². The number of rotatable bonds is 9. The lowest BCUT2D eigenvalue weighted by Gasteiger charge is -2.15. The summed E-state index contributed by atoms with van der Waals surface area (Å²) in [6.07, 6.45) is 5.82. The Bertz CT molecular complexity index is 325. The summed E-state index contributed by atoms with van der Waals surface area (Å²) in [5.41, 5.74) is 6.81. The molecule has 0 aliphatic heterocycles. The number of ether oxygens (including phenoxy) is 1. The minimum absolute atomic E-state index is 0.568. The SMILES string of the molecule is CCC(C)c1ccccc1OCCCCCCN. The summed E-state index contributed by atoms with van der Waals surface area (Å²) in [4.78, 5) is 0. The van der Waals surface area contributed by atoms with E-state index in [1.165, 1.54) is 18.4 Å². The third kappa shape index (κ3) is 5.09. The Kier molecular flexibility index (Phi) is 7.51. The quantitative estimate of drug-likeness (QED) is 0.669. The number of para-hydroxylation sites is 1. The first-order valence-electron chi connectivity index (χ1n) is 7.21. The van der Waals surface area contributed by atoms with Crippen LogP contribution in [0.3, 0.4) is 0 Å². The molecule has 0 aliphatic rings. The molecule has 0 aliphatic carbocycles. The van der Waals surface area contributed by atoms with Crippen LogP contribution < -0.4 is 10.5 Å². The van der Waals surface area contributed by atoms with E-state index in [0.717, 1.165) is 38.2 Å². The zero-order valence-electron chi connectivity index (χ0n) is 11.8. The lowest BCUT2D eigenvalue weighted by molar-refractivity contribution is 0.300.